The molecule has 2 N–H and O–H groups in total. The van der Waals surface area contributed by atoms with Gasteiger partial charge in [0, 0.05) is 28.6 Å². The summed E-state index contributed by atoms with van der Waals surface area (Å²) < 4.78 is 0. The summed E-state index contributed by atoms with van der Waals surface area (Å²) in [6, 6.07) is 12.8. The first-order valence-electron chi connectivity index (χ1n) is 6.20. The lowest BCUT2D eigenvalue weighted by molar-refractivity contribution is 0.103. The van der Waals surface area contributed by atoms with Crippen molar-refractivity contribution in [2.45, 2.75) is 6.42 Å². The first-order chi connectivity index (χ1) is 9.24. The maximum absolute atomic E-state index is 12.6. The second-order valence-corrected chi connectivity index (χ2v) is 4.87. The van der Waals surface area contributed by atoms with Crippen LogP contribution in [-0.2, 0) is 6.42 Å². The number of carbonyl (C=O) groups is 1. The van der Waals surface area contributed by atoms with Gasteiger partial charge in [-0.3, -0.25) is 4.79 Å². The van der Waals surface area contributed by atoms with E-state index in [2.05, 4.69) is 4.98 Å². The van der Waals surface area contributed by atoms with Crippen molar-refractivity contribution in [2.24, 2.45) is 0 Å². The number of phenols is 1. The molecule has 1 aliphatic rings. The third-order valence-electron chi connectivity index (χ3n) is 3.71. The van der Waals surface area contributed by atoms with Crippen molar-refractivity contribution in [3.05, 3.63) is 64.8 Å². The van der Waals surface area contributed by atoms with Crippen LogP contribution in [0.1, 0.15) is 27.2 Å². The minimum Gasteiger partial charge on any atom is -0.508 e. The fraction of sp³-hybridized carbons (Fsp3) is 0.0625. The van der Waals surface area contributed by atoms with E-state index < -0.39 is 0 Å². The monoisotopic (exact) mass is 249 g/mol. The third kappa shape index (κ3) is 1.35. The van der Waals surface area contributed by atoms with E-state index in [1.54, 1.807) is 18.2 Å². The van der Waals surface area contributed by atoms with Gasteiger partial charge in [-0.05, 0) is 29.8 Å². The van der Waals surface area contributed by atoms with Crippen LogP contribution in [0.15, 0.2) is 42.5 Å². The zero-order valence-corrected chi connectivity index (χ0v) is 10.1. The normalized spacial score (nSPS) is 13.4. The number of benzene rings is 2. The summed E-state index contributed by atoms with van der Waals surface area (Å²) in [5.74, 6) is 0.236. The molecule has 2 aromatic carbocycles. The summed E-state index contributed by atoms with van der Waals surface area (Å²) in [6.45, 7) is 0. The number of phenolic OH excluding ortho intramolecular Hbond substituents is 1. The van der Waals surface area contributed by atoms with Crippen LogP contribution in [-0.4, -0.2) is 15.9 Å². The number of nitrogens with one attached hydrogen (secondary N) is 1. The molecule has 3 heteroatoms. The summed E-state index contributed by atoms with van der Waals surface area (Å²) in [4.78, 5) is 15.9. The number of rotatable bonds is 0. The Morgan fingerprint density at radius 1 is 1.11 bits per heavy atom. The molecule has 4 rings (SSSR count). The van der Waals surface area contributed by atoms with Crippen LogP contribution in [0.5, 0.6) is 5.75 Å². The van der Waals surface area contributed by atoms with Crippen LogP contribution in [0.3, 0.4) is 0 Å². The number of hydrogen-bond acceptors (Lipinski definition) is 2. The Morgan fingerprint density at radius 3 is 2.84 bits per heavy atom. The molecule has 3 nitrogen and oxygen atoms in total. The summed E-state index contributed by atoms with van der Waals surface area (Å²) >= 11 is 0. The average Bonchev–Trinajstić information content (AvgIpc) is 2.76. The minimum absolute atomic E-state index is 0.0358. The third-order valence-corrected chi connectivity index (χ3v) is 3.71. The molecule has 3 aromatic rings. The Kier molecular flexibility index (Phi) is 1.90. The number of aromatic amines is 1. The molecule has 1 heterocycles. The van der Waals surface area contributed by atoms with Gasteiger partial charge in [0.05, 0.1) is 5.56 Å². The lowest BCUT2D eigenvalue weighted by Crippen LogP contribution is -2.13. The molecule has 0 bridgehead atoms. The van der Waals surface area contributed by atoms with Gasteiger partial charge in [0.25, 0.3) is 0 Å². The number of ketones is 1. The predicted octanol–water partition coefficient (Wildman–Crippen LogP) is 3.01. The summed E-state index contributed by atoms with van der Waals surface area (Å²) in [5, 5.41) is 10.5. The van der Waals surface area contributed by atoms with Crippen LogP contribution in [0.25, 0.3) is 10.9 Å². The number of H-pyrrole nitrogens is 1. The Bertz CT molecular complexity index is 830. The number of hydrogen-bond donors (Lipinski definition) is 2. The Hall–Kier alpha value is -2.55. The molecule has 0 saturated heterocycles. The summed E-state index contributed by atoms with van der Waals surface area (Å²) in [6.07, 6.45) is 0.652. The second-order valence-electron chi connectivity index (χ2n) is 4.87. The summed E-state index contributed by atoms with van der Waals surface area (Å²) in [5.41, 5.74) is 4.26. The van der Waals surface area contributed by atoms with E-state index in [1.165, 1.54) is 0 Å². The van der Waals surface area contributed by atoms with Gasteiger partial charge >= 0.3 is 0 Å². The second kappa shape index (κ2) is 3.48. The van der Waals surface area contributed by atoms with Gasteiger partial charge in [0.2, 0.25) is 0 Å². The van der Waals surface area contributed by atoms with Gasteiger partial charge in [0.15, 0.2) is 5.78 Å². The lowest BCUT2D eigenvalue weighted by atomic mass is 9.87. The number of aromatic hydroxyl groups is 1. The average molecular weight is 249 g/mol. The van der Waals surface area contributed by atoms with E-state index >= 15 is 0 Å². The van der Waals surface area contributed by atoms with Gasteiger partial charge < -0.3 is 10.1 Å². The fourth-order valence-corrected chi connectivity index (χ4v) is 2.86. The molecule has 0 unspecified atom stereocenters. The molecule has 0 fully saturated rings. The molecule has 0 aliphatic heterocycles. The molecule has 0 spiro atoms. The zero-order valence-electron chi connectivity index (χ0n) is 10.1. The Balaban J connectivity index is 2.03. The molecule has 0 atom stereocenters. The standard InChI is InChI=1S/C16H11NO2/c18-10-5-6-11-9(7-10)8-14-15(16(11)19)12-3-1-2-4-13(12)17-14/h1-7,17-18H,8H2. The van der Waals surface area contributed by atoms with Gasteiger partial charge in [0.1, 0.15) is 5.75 Å². The van der Waals surface area contributed by atoms with Crippen LogP contribution in [0.2, 0.25) is 0 Å². The van der Waals surface area contributed by atoms with E-state index in [4.69, 9.17) is 0 Å². The molecule has 0 amide bonds. The zero-order chi connectivity index (χ0) is 13.0. The highest BCUT2D eigenvalue weighted by Crippen LogP contribution is 2.33. The molecule has 92 valence electrons. The van der Waals surface area contributed by atoms with Crippen molar-refractivity contribution in [2.75, 3.05) is 0 Å². The maximum Gasteiger partial charge on any atom is 0.195 e. The summed E-state index contributed by atoms with van der Waals surface area (Å²) in [7, 11) is 0. The SMILES string of the molecule is O=C1c2ccc(O)cc2Cc2[nH]c3ccccc3c21. The van der Waals surface area contributed by atoms with E-state index in [-0.39, 0.29) is 11.5 Å². The van der Waals surface area contributed by atoms with Crippen molar-refractivity contribution in [3.63, 3.8) is 0 Å². The fourth-order valence-electron chi connectivity index (χ4n) is 2.86. The lowest BCUT2D eigenvalue weighted by Gasteiger charge is -2.15. The van der Waals surface area contributed by atoms with Crippen LogP contribution in [0, 0.1) is 0 Å². The minimum atomic E-state index is 0.0358. The smallest absolute Gasteiger partial charge is 0.195 e. The highest BCUT2D eigenvalue weighted by molar-refractivity contribution is 6.19. The number of aromatic nitrogens is 1. The van der Waals surface area contributed by atoms with Crippen molar-refractivity contribution in [3.8, 4) is 5.75 Å². The Labute approximate surface area is 109 Å². The predicted molar refractivity (Wildman–Crippen MR) is 72.6 cm³/mol. The van der Waals surface area contributed by atoms with Gasteiger partial charge in [-0.15, -0.1) is 0 Å². The van der Waals surface area contributed by atoms with E-state index in [0.717, 1.165) is 27.7 Å². The molecular weight excluding hydrogens is 238 g/mol. The quantitative estimate of drug-likeness (QED) is 0.503. The maximum atomic E-state index is 12.6. The van der Waals surface area contributed by atoms with E-state index in [0.29, 0.717) is 12.0 Å². The van der Waals surface area contributed by atoms with Gasteiger partial charge in [-0.2, -0.15) is 0 Å². The largest absolute Gasteiger partial charge is 0.508 e. The number of fused-ring (bicyclic) bond motifs is 4. The molecule has 1 aliphatic carbocycles. The van der Waals surface area contributed by atoms with E-state index in [9.17, 15) is 9.90 Å². The van der Waals surface area contributed by atoms with Gasteiger partial charge in [-0.25, -0.2) is 0 Å². The van der Waals surface area contributed by atoms with Crippen molar-refractivity contribution >= 4 is 16.7 Å². The molecule has 0 saturated carbocycles. The molecule has 0 radical (unpaired) electrons. The molecule has 1 aromatic heterocycles. The molecule has 19 heavy (non-hydrogen) atoms. The number of carbonyl (C=O) groups excluding carboxylic acids is 1. The van der Waals surface area contributed by atoms with Crippen molar-refractivity contribution < 1.29 is 9.90 Å². The Morgan fingerprint density at radius 2 is 1.95 bits per heavy atom. The van der Waals surface area contributed by atoms with Crippen LogP contribution >= 0.6 is 0 Å². The highest BCUT2D eigenvalue weighted by atomic mass is 16.3. The van der Waals surface area contributed by atoms with Crippen LogP contribution < -0.4 is 0 Å². The number of para-hydroxylation sites is 1. The van der Waals surface area contributed by atoms with Gasteiger partial charge in [-0.1, -0.05) is 18.2 Å². The van der Waals surface area contributed by atoms with Crippen molar-refractivity contribution in [1.29, 1.82) is 0 Å². The van der Waals surface area contributed by atoms with Crippen LogP contribution in [0.4, 0.5) is 0 Å². The molecular formula is C16H11NO2. The first-order valence-corrected chi connectivity index (χ1v) is 6.20. The van der Waals surface area contributed by atoms with E-state index in [1.807, 2.05) is 24.3 Å². The highest BCUT2D eigenvalue weighted by Gasteiger charge is 2.27. The van der Waals surface area contributed by atoms with Crippen molar-refractivity contribution in [1.82, 2.24) is 4.98 Å². The first kappa shape index (κ1) is 10.4. The topological polar surface area (TPSA) is 53.1 Å².